The Hall–Kier alpha value is -1.69. The lowest BCUT2D eigenvalue weighted by molar-refractivity contribution is -0.169. The highest BCUT2D eigenvalue weighted by Gasteiger charge is 2.50. The Morgan fingerprint density at radius 2 is 1.97 bits per heavy atom. The van der Waals surface area contributed by atoms with Crippen molar-refractivity contribution >= 4 is 5.97 Å². The van der Waals surface area contributed by atoms with Gasteiger partial charge in [-0.1, -0.05) is 57.2 Å². The van der Waals surface area contributed by atoms with E-state index in [0.29, 0.717) is 35.7 Å². The molecule has 0 bridgehead atoms. The van der Waals surface area contributed by atoms with Gasteiger partial charge in [-0.15, -0.1) is 0 Å². The molecule has 0 aromatic heterocycles. The molecule has 200 valence electrons. The van der Waals surface area contributed by atoms with Gasteiger partial charge in [0.15, 0.2) is 5.60 Å². The second-order valence-electron chi connectivity index (χ2n) is 12.2. The Kier molecular flexibility index (Phi) is 8.33. The molecule has 4 saturated carbocycles. The lowest BCUT2D eigenvalue weighted by atomic mass is 9.61. The smallest absolute Gasteiger partial charge is 0.338 e. The molecule has 4 fully saturated rings. The van der Waals surface area contributed by atoms with Crippen molar-refractivity contribution in [1.82, 2.24) is 0 Å². The summed E-state index contributed by atoms with van der Waals surface area (Å²) in [6, 6.07) is 0. The molecule has 0 aliphatic heterocycles. The summed E-state index contributed by atoms with van der Waals surface area (Å²) in [5, 5.41) is 31.9. The monoisotopic (exact) mass is 498 g/mol. The van der Waals surface area contributed by atoms with Crippen molar-refractivity contribution < 1.29 is 24.9 Å². The summed E-state index contributed by atoms with van der Waals surface area (Å²) in [7, 11) is 0. The molecule has 36 heavy (non-hydrogen) atoms. The first-order valence-corrected chi connectivity index (χ1v) is 14.1. The van der Waals surface area contributed by atoms with E-state index in [1.54, 1.807) is 0 Å². The van der Waals surface area contributed by atoms with Crippen LogP contribution < -0.4 is 0 Å². The number of aliphatic hydroxyl groups excluding tert-OH is 2. The zero-order chi connectivity index (χ0) is 26.1. The standard InChI is InChI=1S/C31H46O5/c1-5-17-36-29(34)31(35)18-24(21(3)28(33)19-31)12-9-22-7-6-16-30(4)25(13-14-26(22)30)20(2)8-15-27(32)23-10-11-23/h8-9,12,15,20,23,25-28,32-33,35H,3,5-7,10-11,13-14,16-19H2,1-2,4H3/t20-,25-,26+,27+,28+,30-,31-/m1/s1. The second kappa shape index (κ2) is 11.0. The van der Waals surface area contributed by atoms with Crippen molar-refractivity contribution in [1.29, 1.82) is 0 Å². The first-order chi connectivity index (χ1) is 17.1. The Bertz CT molecular complexity index is 927. The normalized spacial score (nSPS) is 38.9. The summed E-state index contributed by atoms with van der Waals surface area (Å²) in [5.74, 6) is 1.34. The fourth-order valence-corrected chi connectivity index (χ4v) is 7.18. The molecule has 7 atom stereocenters. The molecule has 5 heteroatoms. The van der Waals surface area contributed by atoms with Crippen molar-refractivity contribution in [3.05, 3.63) is 47.6 Å². The maximum atomic E-state index is 12.5. The maximum absolute atomic E-state index is 12.5. The number of carbonyl (C=O) groups is 1. The van der Waals surface area contributed by atoms with E-state index in [1.807, 2.05) is 19.1 Å². The van der Waals surface area contributed by atoms with Gasteiger partial charge in [-0.3, -0.25) is 0 Å². The predicted molar refractivity (Wildman–Crippen MR) is 142 cm³/mol. The van der Waals surface area contributed by atoms with Gasteiger partial charge >= 0.3 is 5.97 Å². The van der Waals surface area contributed by atoms with Gasteiger partial charge in [0, 0.05) is 12.8 Å². The first kappa shape index (κ1) is 27.3. The summed E-state index contributed by atoms with van der Waals surface area (Å²) in [6.07, 6.45) is 16.0. The van der Waals surface area contributed by atoms with Crippen molar-refractivity contribution in [3.63, 3.8) is 0 Å². The van der Waals surface area contributed by atoms with Crippen LogP contribution in [0.25, 0.3) is 0 Å². The summed E-state index contributed by atoms with van der Waals surface area (Å²) in [4.78, 5) is 12.5. The van der Waals surface area contributed by atoms with Crippen molar-refractivity contribution in [2.24, 2.45) is 29.1 Å². The maximum Gasteiger partial charge on any atom is 0.338 e. The molecule has 0 unspecified atom stereocenters. The molecule has 4 aliphatic carbocycles. The van der Waals surface area contributed by atoms with Gasteiger partial charge in [0.1, 0.15) is 0 Å². The average Bonchev–Trinajstić information content (AvgIpc) is 3.63. The molecule has 4 aliphatic rings. The fraction of sp³-hybridized carbons (Fsp3) is 0.710. The predicted octanol–water partition coefficient (Wildman–Crippen LogP) is 5.41. The van der Waals surface area contributed by atoms with Crippen LogP contribution in [0.2, 0.25) is 0 Å². The highest BCUT2D eigenvalue weighted by Crippen LogP contribution is 2.59. The third-order valence-electron chi connectivity index (χ3n) is 9.53. The van der Waals surface area contributed by atoms with Gasteiger partial charge in [-0.05, 0) is 91.6 Å². The van der Waals surface area contributed by atoms with Crippen LogP contribution in [0.4, 0.5) is 0 Å². The lowest BCUT2D eigenvalue weighted by Crippen LogP contribution is -2.47. The molecule has 0 saturated heterocycles. The largest absolute Gasteiger partial charge is 0.464 e. The number of esters is 1. The Balaban J connectivity index is 1.50. The van der Waals surface area contributed by atoms with E-state index in [9.17, 15) is 20.1 Å². The number of ether oxygens (including phenoxy) is 1. The first-order valence-electron chi connectivity index (χ1n) is 14.1. The van der Waals surface area contributed by atoms with Gasteiger partial charge in [0.2, 0.25) is 0 Å². The molecule has 0 heterocycles. The zero-order valence-electron chi connectivity index (χ0n) is 22.4. The quantitative estimate of drug-likeness (QED) is 0.308. The van der Waals surface area contributed by atoms with Crippen LogP contribution in [0.5, 0.6) is 0 Å². The molecule has 0 aromatic carbocycles. The summed E-state index contributed by atoms with van der Waals surface area (Å²) in [6.45, 7) is 11.0. The average molecular weight is 499 g/mol. The van der Waals surface area contributed by atoms with E-state index in [1.165, 1.54) is 18.4 Å². The van der Waals surface area contributed by atoms with Crippen molar-refractivity contribution in [2.75, 3.05) is 6.61 Å². The third kappa shape index (κ3) is 5.58. The number of allylic oxidation sites excluding steroid dienone is 4. The number of rotatable bonds is 8. The Morgan fingerprint density at radius 3 is 2.67 bits per heavy atom. The third-order valence-corrected chi connectivity index (χ3v) is 9.53. The molecular formula is C31H46O5. The van der Waals surface area contributed by atoms with E-state index in [4.69, 9.17) is 4.74 Å². The van der Waals surface area contributed by atoms with Gasteiger partial charge < -0.3 is 20.1 Å². The SMILES string of the molecule is C=C1C(=CC=C2CCC[C@]3(C)[C@@H]([C@H](C)C=C[C@H](O)C4CC4)CC[C@@H]23)C[C@](O)(C(=O)OCCC)C[C@@H]1O. The summed E-state index contributed by atoms with van der Waals surface area (Å²) >= 11 is 0. The molecule has 0 spiro atoms. The van der Waals surface area contributed by atoms with Crippen LogP contribution in [-0.2, 0) is 9.53 Å². The molecule has 3 N–H and O–H groups in total. The fourth-order valence-electron chi connectivity index (χ4n) is 7.18. The molecule has 5 nitrogen and oxygen atoms in total. The molecule has 0 amide bonds. The summed E-state index contributed by atoms with van der Waals surface area (Å²) in [5.41, 5.74) is 1.25. The number of carbonyl (C=O) groups excluding carboxylic acids is 1. The molecule has 0 aromatic rings. The van der Waals surface area contributed by atoms with E-state index in [-0.39, 0.29) is 31.0 Å². The minimum absolute atomic E-state index is 0.0779. The topological polar surface area (TPSA) is 87.0 Å². The van der Waals surface area contributed by atoms with Gasteiger partial charge in [0.05, 0.1) is 18.8 Å². The lowest BCUT2D eigenvalue weighted by Gasteiger charge is -2.44. The van der Waals surface area contributed by atoms with Crippen LogP contribution in [0, 0.1) is 29.1 Å². The van der Waals surface area contributed by atoms with Crippen LogP contribution in [-0.4, -0.2) is 45.7 Å². The molecule has 0 radical (unpaired) electrons. The van der Waals surface area contributed by atoms with Gasteiger partial charge in [-0.25, -0.2) is 4.79 Å². The molecule has 4 rings (SSSR count). The van der Waals surface area contributed by atoms with Gasteiger partial charge in [0.25, 0.3) is 0 Å². The van der Waals surface area contributed by atoms with Crippen LogP contribution in [0.1, 0.15) is 85.0 Å². The van der Waals surface area contributed by atoms with E-state index in [2.05, 4.69) is 32.6 Å². The van der Waals surface area contributed by atoms with Crippen molar-refractivity contribution in [2.45, 2.75) is 103 Å². The number of hydrogen-bond donors (Lipinski definition) is 3. The second-order valence-corrected chi connectivity index (χ2v) is 12.2. The van der Waals surface area contributed by atoms with E-state index in [0.717, 1.165) is 37.7 Å². The van der Waals surface area contributed by atoms with Gasteiger partial charge in [-0.2, -0.15) is 0 Å². The zero-order valence-corrected chi connectivity index (χ0v) is 22.4. The van der Waals surface area contributed by atoms with Crippen LogP contribution in [0.3, 0.4) is 0 Å². The highest BCUT2D eigenvalue weighted by molar-refractivity contribution is 5.80. The minimum atomic E-state index is -1.72. The Labute approximate surface area is 217 Å². The summed E-state index contributed by atoms with van der Waals surface area (Å²) < 4.78 is 5.22. The Morgan fingerprint density at radius 1 is 1.22 bits per heavy atom. The molecular weight excluding hydrogens is 452 g/mol. The van der Waals surface area contributed by atoms with Crippen molar-refractivity contribution in [3.8, 4) is 0 Å². The number of aliphatic hydroxyl groups is 3. The van der Waals surface area contributed by atoms with Crippen LogP contribution >= 0.6 is 0 Å². The number of hydrogen-bond acceptors (Lipinski definition) is 5. The van der Waals surface area contributed by atoms with E-state index >= 15 is 0 Å². The van der Waals surface area contributed by atoms with E-state index < -0.39 is 17.7 Å². The number of fused-ring (bicyclic) bond motifs is 1. The highest BCUT2D eigenvalue weighted by atomic mass is 16.5. The minimum Gasteiger partial charge on any atom is -0.464 e. The van der Waals surface area contributed by atoms with Crippen LogP contribution in [0.15, 0.2) is 47.6 Å².